The van der Waals surface area contributed by atoms with Crippen LogP contribution in [0.15, 0.2) is 48.5 Å². The van der Waals surface area contributed by atoms with Crippen molar-refractivity contribution in [3.05, 3.63) is 70.8 Å². The number of aliphatic hydroxyl groups is 1. The number of rotatable bonds is 6. The van der Waals surface area contributed by atoms with E-state index in [0.717, 1.165) is 37.4 Å². The van der Waals surface area contributed by atoms with Gasteiger partial charge in [0.2, 0.25) is 0 Å². The molecular formula is C20H17F6NO4. The quantitative estimate of drug-likeness (QED) is 0.522. The highest BCUT2D eigenvalue weighted by Gasteiger charge is 2.35. The zero-order valence-electron chi connectivity index (χ0n) is 15.9. The molecule has 0 unspecified atom stereocenters. The van der Waals surface area contributed by atoms with E-state index >= 15 is 0 Å². The monoisotopic (exact) mass is 449 g/mol. The maximum Gasteiger partial charge on any atom is 0.416 e. The number of aliphatic hydroxyl groups excluding tert-OH is 1. The average molecular weight is 449 g/mol. The van der Waals surface area contributed by atoms with Gasteiger partial charge in [0, 0.05) is 6.42 Å². The van der Waals surface area contributed by atoms with E-state index in [4.69, 9.17) is 0 Å². The third-order valence-electron chi connectivity index (χ3n) is 4.35. The van der Waals surface area contributed by atoms with Gasteiger partial charge in [0.1, 0.15) is 6.04 Å². The molecule has 0 radical (unpaired) electrons. The Kier molecular flexibility index (Phi) is 7.32. The molecule has 0 aromatic heterocycles. The molecule has 0 heterocycles. The summed E-state index contributed by atoms with van der Waals surface area (Å²) in [5.74, 6) is -2.26. The summed E-state index contributed by atoms with van der Waals surface area (Å²) in [5, 5.41) is 12.2. The fraction of sp³-hybridized carbons (Fsp3) is 0.300. The Morgan fingerprint density at radius 2 is 1.55 bits per heavy atom. The number of hydrogen-bond donors (Lipinski definition) is 2. The number of alkyl halides is 6. The van der Waals surface area contributed by atoms with Crippen molar-refractivity contribution < 1.29 is 45.8 Å². The summed E-state index contributed by atoms with van der Waals surface area (Å²) >= 11 is 0. The number of esters is 1. The van der Waals surface area contributed by atoms with Gasteiger partial charge in [-0.25, -0.2) is 4.79 Å². The van der Waals surface area contributed by atoms with Crippen molar-refractivity contribution in [2.75, 3.05) is 7.11 Å². The topological polar surface area (TPSA) is 75.6 Å². The zero-order valence-corrected chi connectivity index (χ0v) is 15.9. The number of nitrogens with one attached hydrogen (secondary N) is 1. The van der Waals surface area contributed by atoms with Crippen LogP contribution < -0.4 is 5.32 Å². The molecule has 5 nitrogen and oxygen atoms in total. The first-order valence-corrected chi connectivity index (χ1v) is 8.73. The number of halogens is 6. The Morgan fingerprint density at radius 3 is 2.06 bits per heavy atom. The summed E-state index contributed by atoms with van der Waals surface area (Å²) in [4.78, 5) is 24.3. The number of carbonyl (C=O) groups is 2. The summed E-state index contributed by atoms with van der Waals surface area (Å²) in [7, 11) is 0.962. The van der Waals surface area contributed by atoms with Gasteiger partial charge in [-0.15, -0.1) is 0 Å². The molecule has 0 saturated heterocycles. The van der Waals surface area contributed by atoms with Gasteiger partial charge < -0.3 is 15.2 Å². The van der Waals surface area contributed by atoms with Crippen molar-refractivity contribution in [3.8, 4) is 0 Å². The number of hydrogen-bond acceptors (Lipinski definition) is 4. The minimum atomic E-state index is -4.71. The van der Waals surface area contributed by atoms with E-state index < -0.39 is 53.9 Å². The summed E-state index contributed by atoms with van der Waals surface area (Å²) in [6.45, 7) is 0. The van der Waals surface area contributed by atoms with Gasteiger partial charge in [0.05, 0.1) is 18.2 Å². The number of ether oxygens (including phenoxy) is 1. The fourth-order valence-electron chi connectivity index (χ4n) is 2.79. The van der Waals surface area contributed by atoms with Crippen LogP contribution in [0.3, 0.4) is 0 Å². The van der Waals surface area contributed by atoms with E-state index in [0.29, 0.717) is 12.1 Å². The highest BCUT2D eigenvalue weighted by Crippen LogP contribution is 2.33. The van der Waals surface area contributed by atoms with Crippen molar-refractivity contribution in [2.24, 2.45) is 0 Å². The minimum Gasteiger partial charge on any atom is -0.467 e. The average Bonchev–Trinajstić information content (AvgIpc) is 2.71. The molecule has 2 aromatic carbocycles. The molecule has 0 saturated carbocycles. The van der Waals surface area contributed by atoms with Crippen molar-refractivity contribution in [1.29, 1.82) is 0 Å². The first kappa shape index (κ1) is 24.2. The number of methoxy groups -OCH3 is 1. The van der Waals surface area contributed by atoms with Gasteiger partial charge in [0.15, 0.2) is 6.10 Å². The number of benzene rings is 2. The molecule has 2 N–H and O–H groups in total. The highest BCUT2D eigenvalue weighted by atomic mass is 19.4. The largest absolute Gasteiger partial charge is 0.467 e. The van der Waals surface area contributed by atoms with Gasteiger partial charge in [-0.3, -0.25) is 4.79 Å². The van der Waals surface area contributed by atoms with Crippen LogP contribution in [0.4, 0.5) is 26.3 Å². The van der Waals surface area contributed by atoms with Gasteiger partial charge in [-0.1, -0.05) is 30.3 Å². The lowest BCUT2D eigenvalue weighted by molar-refractivity contribution is -0.147. The van der Waals surface area contributed by atoms with Crippen LogP contribution in [-0.4, -0.2) is 30.1 Å². The number of carbonyl (C=O) groups excluding carboxylic acids is 2. The van der Waals surface area contributed by atoms with E-state index in [9.17, 15) is 41.0 Å². The predicted molar refractivity (Wildman–Crippen MR) is 95.5 cm³/mol. The summed E-state index contributed by atoms with van der Waals surface area (Å²) < 4.78 is 82.0. The molecule has 0 spiro atoms. The lowest BCUT2D eigenvalue weighted by Crippen LogP contribution is -2.45. The molecule has 0 fully saturated rings. The van der Waals surface area contributed by atoms with E-state index in [1.165, 1.54) is 6.07 Å². The molecule has 31 heavy (non-hydrogen) atoms. The molecule has 168 valence electrons. The van der Waals surface area contributed by atoms with Gasteiger partial charge in [-0.05, 0) is 29.3 Å². The fourth-order valence-corrected chi connectivity index (χ4v) is 2.79. The summed E-state index contributed by atoms with van der Waals surface area (Å²) in [5.41, 5.74) is -2.51. The smallest absolute Gasteiger partial charge is 0.416 e. The standard InChI is InChI=1S/C20H17F6NO4/c1-31-18(30)15(10-12-4-2-3-5-14(12)20(24,25)26)27-17(29)16(28)11-6-8-13(9-7-11)19(21,22)23/h2-9,15-16,28H,10H2,1H3,(H,27,29)/t15-,16+/m1/s1. The van der Waals surface area contributed by atoms with Crippen LogP contribution in [0, 0.1) is 0 Å². The van der Waals surface area contributed by atoms with E-state index in [2.05, 4.69) is 10.1 Å². The molecule has 2 aromatic rings. The second-order valence-electron chi connectivity index (χ2n) is 6.47. The first-order valence-electron chi connectivity index (χ1n) is 8.73. The van der Waals surface area contributed by atoms with Crippen molar-refractivity contribution in [3.63, 3.8) is 0 Å². The van der Waals surface area contributed by atoms with Gasteiger partial charge in [-0.2, -0.15) is 26.3 Å². The normalized spacial score (nSPS) is 13.9. The van der Waals surface area contributed by atoms with Crippen LogP contribution in [0.25, 0.3) is 0 Å². The van der Waals surface area contributed by atoms with Crippen LogP contribution >= 0.6 is 0 Å². The lowest BCUT2D eigenvalue weighted by Gasteiger charge is -2.21. The van der Waals surface area contributed by atoms with Crippen LogP contribution in [-0.2, 0) is 33.1 Å². The molecule has 0 bridgehead atoms. The second-order valence-corrected chi connectivity index (χ2v) is 6.47. The molecule has 2 rings (SSSR count). The van der Waals surface area contributed by atoms with Crippen LogP contribution in [0.1, 0.15) is 28.4 Å². The zero-order chi connectivity index (χ0) is 23.4. The van der Waals surface area contributed by atoms with Crippen molar-refractivity contribution in [1.82, 2.24) is 5.32 Å². The van der Waals surface area contributed by atoms with Crippen LogP contribution in [0.2, 0.25) is 0 Å². The number of amides is 1. The molecule has 0 aliphatic heterocycles. The molecule has 2 atom stereocenters. The molecule has 1 amide bonds. The van der Waals surface area contributed by atoms with E-state index in [1.807, 2.05) is 0 Å². The van der Waals surface area contributed by atoms with Crippen molar-refractivity contribution in [2.45, 2.75) is 30.9 Å². The molecule has 0 aliphatic rings. The Labute approximate surface area is 172 Å². The Balaban J connectivity index is 2.21. The third-order valence-corrected chi connectivity index (χ3v) is 4.35. The molecule has 11 heteroatoms. The Morgan fingerprint density at radius 1 is 0.968 bits per heavy atom. The predicted octanol–water partition coefficient (Wildman–Crippen LogP) is 3.66. The summed E-state index contributed by atoms with van der Waals surface area (Å²) in [6, 6.07) is 5.89. The van der Waals surface area contributed by atoms with Crippen molar-refractivity contribution >= 4 is 11.9 Å². The van der Waals surface area contributed by atoms with E-state index in [1.54, 1.807) is 0 Å². The lowest BCUT2D eigenvalue weighted by atomic mass is 9.99. The maximum absolute atomic E-state index is 13.2. The summed E-state index contributed by atoms with van der Waals surface area (Å²) in [6.07, 6.45) is -11.9. The third kappa shape index (κ3) is 6.20. The molecule has 0 aliphatic carbocycles. The highest BCUT2D eigenvalue weighted by molar-refractivity contribution is 5.87. The van der Waals surface area contributed by atoms with Crippen LogP contribution in [0.5, 0.6) is 0 Å². The SMILES string of the molecule is COC(=O)[C@@H](Cc1ccccc1C(F)(F)F)NC(=O)[C@@H](O)c1ccc(C(F)(F)F)cc1. The van der Waals surface area contributed by atoms with E-state index in [-0.39, 0.29) is 11.1 Å². The second kappa shape index (κ2) is 9.38. The maximum atomic E-state index is 13.2. The van der Waals surface area contributed by atoms with Gasteiger partial charge in [0.25, 0.3) is 5.91 Å². The van der Waals surface area contributed by atoms with Gasteiger partial charge >= 0.3 is 18.3 Å². The first-order chi connectivity index (χ1) is 14.3. The Hall–Kier alpha value is -3.08. The minimum absolute atomic E-state index is 0.204. The molecular weight excluding hydrogens is 432 g/mol. The Bertz CT molecular complexity index is 925.